The summed E-state index contributed by atoms with van der Waals surface area (Å²) in [6.45, 7) is 9.59. The Morgan fingerprint density at radius 2 is 2.20 bits per heavy atom. The zero-order valence-corrected chi connectivity index (χ0v) is 16.1. The van der Waals surface area contributed by atoms with E-state index in [1.807, 2.05) is 27.8 Å². The van der Waals surface area contributed by atoms with Crippen molar-refractivity contribution < 1.29 is 4.79 Å². The molecule has 0 saturated carbocycles. The van der Waals surface area contributed by atoms with Crippen LogP contribution in [0.4, 0.5) is 5.82 Å². The van der Waals surface area contributed by atoms with Crippen LogP contribution in [0, 0.1) is 24.7 Å². The maximum absolute atomic E-state index is 11.9. The fourth-order valence-corrected chi connectivity index (χ4v) is 2.53. The minimum absolute atomic E-state index is 0.0287. The second kappa shape index (κ2) is 11.4. The van der Waals surface area contributed by atoms with Gasteiger partial charge in [-0.25, -0.2) is 9.97 Å². The van der Waals surface area contributed by atoms with Gasteiger partial charge in [-0.15, -0.1) is 0 Å². The molecular weight excluding hydrogens is 314 g/mol. The van der Waals surface area contributed by atoms with Crippen molar-refractivity contribution in [3.8, 4) is 11.8 Å². The molecule has 3 N–H and O–H groups in total. The highest BCUT2D eigenvalue weighted by atomic mass is 16.2. The molecule has 138 valence electrons. The van der Waals surface area contributed by atoms with E-state index in [4.69, 9.17) is 0 Å². The van der Waals surface area contributed by atoms with Crippen molar-refractivity contribution in [2.24, 2.45) is 5.92 Å². The van der Waals surface area contributed by atoms with E-state index in [0.717, 1.165) is 43.0 Å². The number of carbonyl (C=O) groups excluding carboxylic acids is 1. The topological polar surface area (TPSA) is 78.9 Å². The van der Waals surface area contributed by atoms with Crippen LogP contribution in [0.15, 0.2) is 6.20 Å². The minimum atomic E-state index is -0.0287. The van der Waals surface area contributed by atoms with E-state index >= 15 is 0 Å². The third-order valence-electron chi connectivity index (χ3n) is 3.81. The summed E-state index contributed by atoms with van der Waals surface area (Å²) >= 11 is 0. The van der Waals surface area contributed by atoms with Crippen LogP contribution < -0.4 is 16.0 Å². The summed E-state index contributed by atoms with van der Waals surface area (Å²) in [6.07, 6.45) is 4.22. The molecule has 1 saturated heterocycles. The smallest absolute Gasteiger partial charge is 0.237 e. The van der Waals surface area contributed by atoms with Gasteiger partial charge in [0.2, 0.25) is 5.91 Å². The first kappa shape index (κ1) is 20.9. The summed E-state index contributed by atoms with van der Waals surface area (Å²) in [7, 11) is 1.82. The van der Waals surface area contributed by atoms with Crippen molar-refractivity contribution in [2.45, 2.75) is 53.0 Å². The summed E-state index contributed by atoms with van der Waals surface area (Å²) in [6, 6.07) is -0.0287. The molecule has 2 atom stereocenters. The maximum atomic E-state index is 11.9. The highest BCUT2D eigenvalue weighted by Crippen LogP contribution is 2.12. The molecule has 0 aliphatic carbocycles. The molecule has 1 unspecified atom stereocenters. The van der Waals surface area contributed by atoms with Crippen LogP contribution in [0.5, 0.6) is 0 Å². The van der Waals surface area contributed by atoms with Gasteiger partial charge in [0.15, 0.2) is 0 Å². The first-order chi connectivity index (χ1) is 12.1. The molecule has 0 spiro atoms. The van der Waals surface area contributed by atoms with Crippen molar-refractivity contribution in [3.63, 3.8) is 0 Å². The minimum Gasteiger partial charge on any atom is -0.372 e. The number of anilines is 1. The highest BCUT2D eigenvalue weighted by molar-refractivity contribution is 5.82. The lowest BCUT2D eigenvalue weighted by atomic mass is 10.1. The number of nitrogens with one attached hydrogen (secondary N) is 3. The SMILES string of the molecule is CC.CNc1nc(C)ncc1C#CCCCNC(=O)C1C[C@H](C)CN1. The maximum Gasteiger partial charge on any atom is 0.237 e. The van der Waals surface area contributed by atoms with Gasteiger partial charge < -0.3 is 16.0 Å². The lowest BCUT2D eigenvalue weighted by molar-refractivity contribution is -0.122. The zero-order chi connectivity index (χ0) is 18.7. The summed E-state index contributed by atoms with van der Waals surface area (Å²) in [5.41, 5.74) is 0.797. The normalized spacial score (nSPS) is 18.4. The first-order valence-electron chi connectivity index (χ1n) is 9.11. The summed E-state index contributed by atoms with van der Waals surface area (Å²) in [5.74, 6) is 8.34. The van der Waals surface area contributed by atoms with Crippen LogP contribution >= 0.6 is 0 Å². The lowest BCUT2D eigenvalue weighted by Crippen LogP contribution is -2.40. The van der Waals surface area contributed by atoms with E-state index in [1.54, 1.807) is 6.20 Å². The van der Waals surface area contributed by atoms with Crippen molar-refractivity contribution in [3.05, 3.63) is 17.6 Å². The predicted octanol–water partition coefficient (Wildman–Crippen LogP) is 2.10. The van der Waals surface area contributed by atoms with Gasteiger partial charge in [-0.05, 0) is 32.2 Å². The standard InChI is InChI=1S/C17H25N5O.C2H6/c1-12-9-15(21-10-12)17(23)19-8-6-4-5-7-14-11-20-13(2)22-16(14)18-3;1-2/h11-12,15,21H,4,6,8-10H2,1-3H3,(H,19,23)(H,18,20,22);1-2H3/t12-,15?;/m0./s1. The van der Waals surface area contributed by atoms with Gasteiger partial charge in [0, 0.05) is 26.2 Å². The molecule has 0 aromatic carbocycles. The quantitative estimate of drug-likeness (QED) is 0.563. The Hall–Kier alpha value is -2.13. The average molecular weight is 345 g/mol. The zero-order valence-electron chi connectivity index (χ0n) is 16.1. The van der Waals surface area contributed by atoms with E-state index in [9.17, 15) is 4.79 Å². The molecule has 1 fully saturated rings. The van der Waals surface area contributed by atoms with Crippen molar-refractivity contribution in [1.82, 2.24) is 20.6 Å². The Kier molecular flexibility index (Phi) is 9.56. The molecule has 0 bridgehead atoms. The Morgan fingerprint density at radius 3 is 2.84 bits per heavy atom. The lowest BCUT2D eigenvalue weighted by Gasteiger charge is -2.10. The van der Waals surface area contributed by atoms with Crippen LogP contribution in [-0.4, -0.2) is 42.1 Å². The van der Waals surface area contributed by atoms with Crippen LogP contribution in [0.2, 0.25) is 0 Å². The van der Waals surface area contributed by atoms with E-state index < -0.39 is 0 Å². The molecule has 2 heterocycles. The molecule has 2 rings (SSSR count). The fraction of sp³-hybridized carbons (Fsp3) is 0.632. The number of hydrogen-bond donors (Lipinski definition) is 3. The van der Waals surface area contributed by atoms with Gasteiger partial charge in [0.25, 0.3) is 0 Å². The molecule has 0 radical (unpaired) electrons. The van der Waals surface area contributed by atoms with Gasteiger partial charge in [0.05, 0.1) is 11.6 Å². The number of nitrogens with zero attached hydrogens (tertiary/aromatic N) is 2. The predicted molar refractivity (Wildman–Crippen MR) is 102 cm³/mol. The van der Waals surface area contributed by atoms with Crippen molar-refractivity contribution in [2.75, 3.05) is 25.5 Å². The largest absolute Gasteiger partial charge is 0.372 e. The van der Waals surface area contributed by atoms with E-state index in [0.29, 0.717) is 12.5 Å². The number of unbranched alkanes of at least 4 members (excludes halogenated alkanes) is 1. The van der Waals surface area contributed by atoms with Gasteiger partial charge in [-0.1, -0.05) is 32.6 Å². The highest BCUT2D eigenvalue weighted by Gasteiger charge is 2.26. The number of amides is 1. The summed E-state index contributed by atoms with van der Waals surface area (Å²) in [4.78, 5) is 20.4. The third kappa shape index (κ3) is 7.10. The first-order valence-corrected chi connectivity index (χ1v) is 9.11. The van der Waals surface area contributed by atoms with Crippen LogP contribution in [-0.2, 0) is 4.79 Å². The monoisotopic (exact) mass is 345 g/mol. The second-order valence-electron chi connectivity index (χ2n) is 5.93. The van der Waals surface area contributed by atoms with E-state index in [2.05, 4.69) is 44.7 Å². The Morgan fingerprint density at radius 1 is 1.44 bits per heavy atom. The van der Waals surface area contributed by atoms with Gasteiger partial charge in [-0.3, -0.25) is 4.79 Å². The third-order valence-corrected chi connectivity index (χ3v) is 3.81. The summed E-state index contributed by atoms with van der Waals surface area (Å²) in [5, 5.41) is 9.22. The number of aromatic nitrogens is 2. The second-order valence-corrected chi connectivity index (χ2v) is 5.93. The molecule has 1 amide bonds. The van der Waals surface area contributed by atoms with Gasteiger partial charge >= 0.3 is 0 Å². The molecular formula is C19H31N5O. The molecule has 1 aliphatic heterocycles. The molecule has 1 aromatic heterocycles. The van der Waals surface area contributed by atoms with Gasteiger partial charge in [0.1, 0.15) is 11.6 Å². The fourth-order valence-electron chi connectivity index (χ4n) is 2.53. The Labute approximate surface area is 151 Å². The van der Waals surface area contributed by atoms with Crippen LogP contribution in [0.3, 0.4) is 0 Å². The van der Waals surface area contributed by atoms with E-state index in [-0.39, 0.29) is 11.9 Å². The van der Waals surface area contributed by atoms with Crippen molar-refractivity contribution in [1.29, 1.82) is 0 Å². The number of hydrogen-bond acceptors (Lipinski definition) is 5. The Balaban J connectivity index is 0.00000151. The number of rotatable bonds is 5. The van der Waals surface area contributed by atoms with Crippen molar-refractivity contribution >= 4 is 11.7 Å². The Bertz CT molecular complexity index is 606. The molecule has 6 heteroatoms. The molecule has 6 nitrogen and oxygen atoms in total. The van der Waals surface area contributed by atoms with Gasteiger partial charge in [-0.2, -0.15) is 0 Å². The molecule has 1 aliphatic rings. The van der Waals surface area contributed by atoms with Crippen LogP contribution in [0.25, 0.3) is 0 Å². The average Bonchev–Trinajstić information content (AvgIpc) is 3.07. The number of carbonyl (C=O) groups is 1. The summed E-state index contributed by atoms with van der Waals surface area (Å²) < 4.78 is 0. The van der Waals surface area contributed by atoms with Crippen LogP contribution in [0.1, 0.15) is 51.4 Å². The molecule has 1 aromatic rings. The molecule has 25 heavy (non-hydrogen) atoms. The number of aryl methyl sites for hydroxylation is 1. The van der Waals surface area contributed by atoms with E-state index in [1.165, 1.54) is 0 Å².